The van der Waals surface area contributed by atoms with E-state index in [0.29, 0.717) is 26.1 Å². The highest BCUT2D eigenvalue weighted by molar-refractivity contribution is 5.83. The Balaban J connectivity index is 2.80. The smallest absolute Gasteiger partial charge is 0.310 e. The lowest BCUT2D eigenvalue weighted by atomic mass is 9.78. The van der Waals surface area contributed by atoms with Crippen molar-refractivity contribution in [1.82, 2.24) is 0 Å². The molecule has 1 rings (SSSR count). The van der Waals surface area contributed by atoms with Gasteiger partial charge in [-0.1, -0.05) is 51.0 Å². The molecule has 2 unspecified atom stereocenters. The monoisotopic (exact) mass is 364 g/mol. The first-order valence-corrected chi connectivity index (χ1v) is 9.85. The normalized spacial score (nSPS) is 19.9. The number of hydrogen-bond donors (Lipinski definition) is 0. The van der Waals surface area contributed by atoms with Gasteiger partial charge in [0, 0.05) is 0 Å². The van der Waals surface area contributed by atoms with Crippen LogP contribution in [0, 0.1) is 23.7 Å². The van der Waals surface area contributed by atoms with E-state index in [0.717, 1.165) is 12.8 Å². The molecule has 0 amide bonds. The first-order chi connectivity index (χ1) is 12.2. The molecule has 1 aliphatic carbocycles. The summed E-state index contributed by atoms with van der Waals surface area (Å²) in [6.07, 6.45) is 7.36. The maximum absolute atomic E-state index is 12.6. The third kappa shape index (κ3) is 8.20. The highest BCUT2D eigenvalue weighted by atomic mass is 16.5. The Morgan fingerprint density at radius 3 is 2.08 bits per heavy atom. The Morgan fingerprint density at radius 1 is 1.04 bits per heavy atom. The Hall–Kier alpha value is -1.58. The van der Waals surface area contributed by atoms with E-state index in [1.807, 2.05) is 27.7 Å². The van der Waals surface area contributed by atoms with E-state index < -0.39 is 11.8 Å². The molecular weight excluding hydrogens is 328 g/mol. The summed E-state index contributed by atoms with van der Waals surface area (Å²) < 4.78 is 10.9. The third-order valence-electron chi connectivity index (χ3n) is 4.37. The van der Waals surface area contributed by atoms with Gasteiger partial charge in [0.15, 0.2) is 0 Å². The van der Waals surface area contributed by atoms with Gasteiger partial charge in [0.25, 0.3) is 0 Å². The molecule has 0 aromatic heterocycles. The number of carbonyl (C=O) groups is 2. The lowest BCUT2D eigenvalue weighted by Crippen LogP contribution is -2.35. The summed E-state index contributed by atoms with van der Waals surface area (Å²) in [6.45, 7) is 13.0. The van der Waals surface area contributed by atoms with Crippen LogP contribution in [0.1, 0.15) is 67.2 Å². The lowest BCUT2D eigenvalue weighted by Gasteiger charge is -2.29. The van der Waals surface area contributed by atoms with E-state index in [1.54, 1.807) is 0 Å². The molecule has 0 saturated heterocycles. The van der Waals surface area contributed by atoms with E-state index in [9.17, 15) is 9.59 Å². The Bertz CT molecular complexity index is 524. The molecule has 0 radical (unpaired) electrons. The molecule has 4 heteroatoms. The van der Waals surface area contributed by atoms with Crippen molar-refractivity contribution in [1.29, 1.82) is 0 Å². The average Bonchev–Trinajstić information content (AvgIpc) is 2.57. The topological polar surface area (TPSA) is 52.6 Å². The number of ether oxygens (including phenoxy) is 2. The van der Waals surface area contributed by atoms with Crippen molar-refractivity contribution in [3.05, 3.63) is 23.3 Å². The summed E-state index contributed by atoms with van der Waals surface area (Å²) in [5, 5.41) is 0. The Labute approximate surface area is 159 Å². The Morgan fingerprint density at radius 2 is 1.58 bits per heavy atom. The van der Waals surface area contributed by atoms with Crippen LogP contribution in [0.25, 0.3) is 0 Å². The van der Waals surface area contributed by atoms with Crippen molar-refractivity contribution in [3.8, 4) is 0 Å². The van der Waals surface area contributed by atoms with Crippen molar-refractivity contribution in [3.63, 3.8) is 0 Å². The summed E-state index contributed by atoms with van der Waals surface area (Å²) in [6, 6.07) is 0. The predicted molar refractivity (Wildman–Crippen MR) is 105 cm³/mol. The second-order valence-corrected chi connectivity index (χ2v) is 8.38. The van der Waals surface area contributed by atoms with Gasteiger partial charge in [-0.3, -0.25) is 9.59 Å². The summed E-state index contributed by atoms with van der Waals surface area (Å²) in [4.78, 5) is 25.1. The zero-order chi connectivity index (χ0) is 19.7. The van der Waals surface area contributed by atoms with Gasteiger partial charge in [-0.25, -0.2) is 0 Å². The van der Waals surface area contributed by atoms with Gasteiger partial charge in [0.2, 0.25) is 0 Å². The van der Waals surface area contributed by atoms with Gasteiger partial charge in [-0.05, 0) is 51.4 Å². The molecule has 2 atom stereocenters. The maximum Gasteiger partial charge on any atom is 0.310 e. The molecule has 0 aromatic carbocycles. The fraction of sp³-hybridized carbons (Fsp3) is 0.727. The second-order valence-electron chi connectivity index (χ2n) is 8.38. The zero-order valence-corrected chi connectivity index (χ0v) is 17.3. The van der Waals surface area contributed by atoms with E-state index in [1.165, 1.54) is 11.1 Å². The molecule has 0 bridgehead atoms. The van der Waals surface area contributed by atoms with Gasteiger partial charge in [0.05, 0.1) is 25.0 Å². The standard InChI is InChI=1S/C22H36O4/c1-15(2)8-7-9-18-10-11-19(21(23)25-13-16(3)4)20(12-18)22(24)26-14-17(5)6/h8,10,16-17,19-20H,7,9,11-14H2,1-6H3. The number of rotatable bonds is 9. The molecule has 0 aliphatic heterocycles. The SMILES string of the molecule is CC(C)=CCCC1=CCC(C(=O)OCC(C)C)C(C(=O)OCC(C)C)C1. The van der Waals surface area contributed by atoms with Gasteiger partial charge in [-0.15, -0.1) is 0 Å². The molecule has 0 aromatic rings. The fourth-order valence-corrected chi connectivity index (χ4v) is 2.94. The van der Waals surface area contributed by atoms with Crippen LogP contribution in [0.3, 0.4) is 0 Å². The van der Waals surface area contributed by atoms with Crippen LogP contribution >= 0.6 is 0 Å². The van der Waals surface area contributed by atoms with Crippen LogP contribution < -0.4 is 0 Å². The summed E-state index contributed by atoms with van der Waals surface area (Å²) in [5.74, 6) is -0.839. The van der Waals surface area contributed by atoms with E-state index in [4.69, 9.17) is 9.47 Å². The first kappa shape index (κ1) is 22.5. The molecule has 0 saturated carbocycles. The lowest BCUT2D eigenvalue weighted by molar-refractivity contribution is -0.162. The maximum atomic E-state index is 12.6. The quantitative estimate of drug-likeness (QED) is 0.423. The number of carbonyl (C=O) groups excluding carboxylic acids is 2. The minimum atomic E-state index is -0.430. The van der Waals surface area contributed by atoms with Crippen LogP contribution in [0.15, 0.2) is 23.3 Å². The largest absolute Gasteiger partial charge is 0.465 e. The number of hydrogen-bond acceptors (Lipinski definition) is 4. The minimum absolute atomic E-state index is 0.266. The molecule has 26 heavy (non-hydrogen) atoms. The van der Waals surface area contributed by atoms with Crippen LogP contribution in [0.2, 0.25) is 0 Å². The molecule has 0 heterocycles. The summed E-state index contributed by atoms with van der Waals surface area (Å²) in [5.41, 5.74) is 2.53. The highest BCUT2D eigenvalue weighted by Gasteiger charge is 2.38. The summed E-state index contributed by atoms with van der Waals surface area (Å²) >= 11 is 0. The van der Waals surface area contributed by atoms with Crippen LogP contribution in [0.4, 0.5) is 0 Å². The van der Waals surface area contributed by atoms with Gasteiger partial charge >= 0.3 is 11.9 Å². The third-order valence-corrected chi connectivity index (χ3v) is 4.37. The summed E-state index contributed by atoms with van der Waals surface area (Å²) in [7, 11) is 0. The highest BCUT2D eigenvalue weighted by Crippen LogP contribution is 2.34. The molecule has 0 fully saturated rings. The second kappa shape index (κ2) is 11.2. The molecule has 0 N–H and O–H groups in total. The van der Waals surface area contributed by atoms with Crippen molar-refractivity contribution in [2.45, 2.75) is 67.2 Å². The van der Waals surface area contributed by atoms with Crippen LogP contribution in [-0.2, 0) is 19.1 Å². The first-order valence-electron chi connectivity index (χ1n) is 9.85. The van der Waals surface area contributed by atoms with Crippen molar-refractivity contribution < 1.29 is 19.1 Å². The fourth-order valence-electron chi connectivity index (χ4n) is 2.94. The zero-order valence-electron chi connectivity index (χ0n) is 17.3. The molecule has 1 aliphatic rings. The molecule has 148 valence electrons. The molecule has 0 spiro atoms. The number of allylic oxidation sites excluding steroid dienone is 4. The van der Waals surface area contributed by atoms with E-state index in [2.05, 4.69) is 26.0 Å². The van der Waals surface area contributed by atoms with Crippen molar-refractivity contribution in [2.75, 3.05) is 13.2 Å². The van der Waals surface area contributed by atoms with Crippen LogP contribution in [-0.4, -0.2) is 25.2 Å². The molecular formula is C22H36O4. The molecule has 4 nitrogen and oxygen atoms in total. The van der Waals surface area contributed by atoms with Crippen molar-refractivity contribution in [2.24, 2.45) is 23.7 Å². The predicted octanol–water partition coefficient (Wildman–Crippen LogP) is 5.08. The van der Waals surface area contributed by atoms with Crippen LogP contribution in [0.5, 0.6) is 0 Å². The van der Waals surface area contributed by atoms with Gasteiger partial charge in [-0.2, -0.15) is 0 Å². The average molecular weight is 365 g/mol. The number of esters is 2. The van der Waals surface area contributed by atoms with Crippen molar-refractivity contribution >= 4 is 11.9 Å². The van der Waals surface area contributed by atoms with E-state index >= 15 is 0 Å². The van der Waals surface area contributed by atoms with Gasteiger partial charge in [0.1, 0.15) is 0 Å². The Kier molecular flexibility index (Phi) is 9.68. The minimum Gasteiger partial charge on any atom is -0.465 e. The van der Waals surface area contributed by atoms with Gasteiger partial charge < -0.3 is 9.47 Å². The van der Waals surface area contributed by atoms with E-state index in [-0.39, 0.29) is 23.8 Å².